The number of carbonyl (C=O) groups excluding carboxylic acids is 1. The zero-order chi connectivity index (χ0) is 15.3. The Morgan fingerprint density at radius 2 is 2.05 bits per heavy atom. The average Bonchev–Trinajstić information content (AvgIpc) is 2.45. The molecule has 0 radical (unpaired) electrons. The number of benzene rings is 1. The van der Waals surface area contributed by atoms with Crippen molar-refractivity contribution in [3.05, 3.63) is 35.9 Å². The number of piperidine rings is 1. The van der Waals surface area contributed by atoms with Crippen LogP contribution < -0.4 is 10.6 Å². The maximum atomic E-state index is 12.1. The summed E-state index contributed by atoms with van der Waals surface area (Å²) in [5, 5.41) is 6.47. The molecule has 0 aromatic heterocycles. The fourth-order valence-corrected chi connectivity index (χ4v) is 2.73. The zero-order valence-electron chi connectivity index (χ0n) is 13.2. The van der Waals surface area contributed by atoms with Crippen LogP contribution in [-0.4, -0.2) is 24.8 Å². The standard InChI is InChI=1S/C17H26N2O2/c1-17(2,3)21-16(20)19-15(13-8-5-4-6-9-13)14-10-7-11-18-12-14/h4-6,8-9,14-15,18H,7,10-12H2,1-3H3,(H,19,20). The molecule has 1 aliphatic rings. The van der Waals surface area contributed by atoms with Gasteiger partial charge in [-0.05, 0) is 51.6 Å². The van der Waals surface area contributed by atoms with Gasteiger partial charge in [-0.1, -0.05) is 30.3 Å². The van der Waals surface area contributed by atoms with Crippen LogP contribution >= 0.6 is 0 Å². The van der Waals surface area contributed by atoms with Gasteiger partial charge in [0, 0.05) is 6.54 Å². The number of rotatable bonds is 3. The maximum Gasteiger partial charge on any atom is 0.408 e. The summed E-state index contributed by atoms with van der Waals surface area (Å²) in [6.45, 7) is 7.63. The highest BCUT2D eigenvalue weighted by atomic mass is 16.6. The van der Waals surface area contributed by atoms with E-state index < -0.39 is 5.60 Å². The molecule has 1 heterocycles. The normalized spacial score (nSPS) is 20.6. The van der Waals surface area contributed by atoms with Gasteiger partial charge < -0.3 is 15.4 Å². The predicted octanol–water partition coefficient (Wildman–Crippen LogP) is 3.25. The van der Waals surface area contributed by atoms with Crippen molar-refractivity contribution in [3.8, 4) is 0 Å². The second-order valence-corrected chi connectivity index (χ2v) is 6.64. The molecule has 4 heteroatoms. The maximum absolute atomic E-state index is 12.1. The molecule has 1 saturated heterocycles. The summed E-state index contributed by atoms with van der Waals surface area (Å²) in [6, 6.07) is 10.1. The Morgan fingerprint density at radius 1 is 1.33 bits per heavy atom. The molecule has 21 heavy (non-hydrogen) atoms. The molecule has 116 valence electrons. The van der Waals surface area contributed by atoms with Crippen molar-refractivity contribution in [2.24, 2.45) is 5.92 Å². The van der Waals surface area contributed by atoms with Crippen molar-refractivity contribution < 1.29 is 9.53 Å². The molecule has 0 aliphatic carbocycles. The highest BCUT2D eigenvalue weighted by Gasteiger charge is 2.28. The Hall–Kier alpha value is -1.55. The first-order valence-electron chi connectivity index (χ1n) is 7.71. The fourth-order valence-electron chi connectivity index (χ4n) is 2.73. The van der Waals surface area contributed by atoms with E-state index in [9.17, 15) is 4.79 Å². The van der Waals surface area contributed by atoms with Crippen LogP contribution in [0.3, 0.4) is 0 Å². The van der Waals surface area contributed by atoms with Crippen molar-refractivity contribution in [2.75, 3.05) is 13.1 Å². The van der Waals surface area contributed by atoms with Crippen LogP contribution in [0.15, 0.2) is 30.3 Å². The van der Waals surface area contributed by atoms with E-state index in [1.54, 1.807) is 0 Å². The lowest BCUT2D eigenvalue weighted by Gasteiger charge is -2.32. The van der Waals surface area contributed by atoms with Gasteiger partial charge in [-0.25, -0.2) is 4.79 Å². The molecule has 1 amide bonds. The molecule has 2 unspecified atom stereocenters. The molecule has 1 fully saturated rings. The van der Waals surface area contributed by atoms with E-state index in [0.717, 1.165) is 31.5 Å². The number of nitrogens with one attached hydrogen (secondary N) is 2. The minimum Gasteiger partial charge on any atom is -0.444 e. The van der Waals surface area contributed by atoms with Gasteiger partial charge in [0.25, 0.3) is 0 Å². The van der Waals surface area contributed by atoms with Gasteiger partial charge in [0.1, 0.15) is 5.60 Å². The topological polar surface area (TPSA) is 50.4 Å². The number of alkyl carbamates (subject to hydrolysis) is 1. The van der Waals surface area contributed by atoms with Crippen molar-refractivity contribution >= 4 is 6.09 Å². The number of ether oxygens (including phenoxy) is 1. The van der Waals surface area contributed by atoms with Crippen LogP contribution in [0.25, 0.3) is 0 Å². The number of hydrogen-bond acceptors (Lipinski definition) is 3. The van der Waals surface area contributed by atoms with Crippen molar-refractivity contribution in [1.82, 2.24) is 10.6 Å². The van der Waals surface area contributed by atoms with E-state index in [-0.39, 0.29) is 12.1 Å². The summed E-state index contributed by atoms with van der Waals surface area (Å²) in [6.07, 6.45) is 1.91. The summed E-state index contributed by atoms with van der Waals surface area (Å²) < 4.78 is 5.41. The number of amides is 1. The number of carbonyl (C=O) groups is 1. The van der Waals surface area contributed by atoms with Crippen molar-refractivity contribution in [1.29, 1.82) is 0 Å². The van der Waals surface area contributed by atoms with E-state index in [0.29, 0.717) is 5.92 Å². The van der Waals surface area contributed by atoms with E-state index in [1.165, 1.54) is 0 Å². The van der Waals surface area contributed by atoms with Crippen LogP contribution in [0.4, 0.5) is 4.79 Å². The lowest BCUT2D eigenvalue weighted by molar-refractivity contribution is 0.0479. The number of hydrogen-bond donors (Lipinski definition) is 2. The van der Waals surface area contributed by atoms with E-state index in [2.05, 4.69) is 22.8 Å². The monoisotopic (exact) mass is 290 g/mol. The Labute approximate surface area is 127 Å². The first-order valence-corrected chi connectivity index (χ1v) is 7.71. The Balaban J connectivity index is 2.10. The molecule has 4 nitrogen and oxygen atoms in total. The second kappa shape index (κ2) is 6.94. The minimum atomic E-state index is -0.476. The molecule has 2 N–H and O–H groups in total. The summed E-state index contributed by atoms with van der Waals surface area (Å²) in [4.78, 5) is 12.1. The van der Waals surface area contributed by atoms with Crippen LogP contribution in [0.5, 0.6) is 0 Å². The summed E-state index contributed by atoms with van der Waals surface area (Å²) in [7, 11) is 0. The third kappa shape index (κ3) is 5.05. The summed E-state index contributed by atoms with van der Waals surface area (Å²) >= 11 is 0. The summed E-state index contributed by atoms with van der Waals surface area (Å²) in [5.41, 5.74) is 0.660. The van der Waals surface area contributed by atoms with Gasteiger partial charge >= 0.3 is 6.09 Å². The van der Waals surface area contributed by atoms with Gasteiger partial charge in [0.15, 0.2) is 0 Å². The second-order valence-electron chi connectivity index (χ2n) is 6.64. The lowest BCUT2D eigenvalue weighted by atomic mass is 9.87. The molecule has 1 aromatic carbocycles. The smallest absolute Gasteiger partial charge is 0.408 e. The molecule has 2 atom stereocenters. The van der Waals surface area contributed by atoms with Gasteiger partial charge in [-0.3, -0.25) is 0 Å². The Bertz CT molecular complexity index is 448. The van der Waals surface area contributed by atoms with Crippen LogP contribution in [0, 0.1) is 5.92 Å². The van der Waals surface area contributed by atoms with Crippen LogP contribution in [0.2, 0.25) is 0 Å². The van der Waals surface area contributed by atoms with Gasteiger partial charge in [0.2, 0.25) is 0 Å². The Kier molecular flexibility index (Phi) is 5.23. The third-order valence-corrected chi connectivity index (χ3v) is 3.64. The molecule has 1 aliphatic heterocycles. The van der Waals surface area contributed by atoms with Crippen LogP contribution in [0.1, 0.15) is 45.2 Å². The highest BCUT2D eigenvalue weighted by Crippen LogP contribution is 2.27. The molecule has 2 rings (SSSR count). The van der Waals surface area contributed by atoms with E-state index in [1.807, 2.05) is 39.0 Å². The zero-order valence-corrected chi connectivity index (χ0v) is 13.2. The molecule has 0 bridgehead atoms. The average molecular weight is 290 g/mol. The molecular weight excluding hydrogens is 264 g/mol. The predicted molar refractivity (Wildman–Crippen MR) is 84.1 cm³/mol. The Morgan fingerprint density at radius 3 is 2.62 bits per heavy atom. The van der Waals surface area contributed by atoms with E-state index in [4.69, 9.17) is 4.74 Å². The summed E-state index contributed by atoms with van der Waals surface area (Å²) in [5.74, 6) is 0.397. The van der Waals surface area contributed by atoms with Crippen molar-refractivity contribution in [3.63, 3.8) is 0 Å². The SMILES string of the molecule is CC(C)(C)OC(=O)NC(c1ccccc1)C1CCCNC1. The minimum absolute atomic E-state index is 0.00569. The first kappa shape index (κ1) is 15.8. The quantitative estimate of drug-likeness (QED) is 0.898. The molecular formula is C17H26N2O2. The highest BCUT2D eigenvalue weighted by molar-refractivity contribution is 5.68. The third-order valence-electron chi connectivity index (χ3n) is 3.64. The van der Waals surface area contributed by atoms with Crippen LogP contribution in [-0.2, 0) is 4.74 Å². The van der Waals surface area contributed by atoms with Gasteiger partial charge in [-0.15, -0.1) is 0 Å². The van der Waals surface area contributed by atoms with Gasteiger partial charge in [0.05, 0.1) is 6.04 Å². The lowest BCUT2D eigenvalue weighted by Crippen LogP contribution is -2.42. The van der Waals surface area contributed by atoms with E-state index >= 15 is 0 Å². The molecule has 0 saturated carbocycles. The molecule has 0 spiro atoms. The largest absolute Gasteiger partial charge is 0.444 e. The van der Waals surface area contributed by atoms with Gasteiger partial charge in [-0.2, -0.15) is 0 Å². The van der Waals surface area contributed by atoms with Crippen molar-refractivity contribution in [2.45, 2.75) is 45.3 Å². The first-order chi connectivity index (χ1) is 9.96. The molecule has 1 aromatic rings. The fraction of sp³-hybridized carbons (Fsp3) is 0.588.